The van der Waals surface area contributed by atoms with Crippen LogP contribution in [-0.2, 0) is 9.59 Å². The van der Waals surface area contributed by atoms with Crippen LogP contribution in [0.15, 0.2) is 58.5 Å². The molecule has 3 atom stereocenters. The number of piperidine rings is 1. The molecule has 52 heavy (non-hydrogen) atoms. The highest BCUT2D eigenvalue weighted by Gasteiger charge is 2.43. The fourth-order valence-electron chi connectivity index (χ4n) is 6.96. The lowest BCUT2D eigenvalue weighted by molar-refractivity contribution is -0.161. The molecular weight excluding hydrogens is 671 g/mol. The van der Waals surface area contributed by atoms with E-state index in [-0.39, 0.29) is 43.0 Å². The maximum absolute atomic E-state index is 13.8. The Morgan fingerprint density at radius 1 is 1.10 bits per heavy atom. The molecule has 3 unspecified atom stereocenters. The van der Waals surface area contributed by atoms with Crippen LogP contribution in [0.3, 0.4) is 0 Å². The lowest BCUT2D eigenvalue weighted by atomic mass is 9.84. The molecular formula is C38H52F3N9O2. The van der Waals surface area contributed by atoms with Gasteiger partial charge < -0.3 is 32.0 Å². The van der Waals surface area contributed by atoms with Gasteiger partial charge in [0.2, 0.25) is 11.8 Å². The van der Waals surface area contributed by atoms with Crippen molar-refractivity contribution in [3.63, 3.8) is 0 Å². The number of likely N-dealkylation sites (tertiary alicyclic amines) is 1. The van der Waals surface area contributed by atoms with Gasteiger partial charge in [0.05, 0.1) is 12.5 Å². The van der Waals surface area contributed by atoms with Crippen LogP contribution < -0.4 is 21.7 Å². The molecule has 3 aliphatic rings. The number of aliphatic imine (C=N–C) groups is 2. The molecule has 3 aliphatic heterocycles. The van der Waals surface area contributed by atoms with Crippen molar-refractivity contribution in [1.82, 2.24) is 15.1 Å². The van der Waals surface area contributed by atoms with Gasteiger partial charge in [-0.2, -0.15) is 13.2 Å². The number of hydrogen-bond acceptors (Lipinski definition) is 7. The van der Waals surface area contributed by atoms with Crippen molar-refractivity contribution in [3.05, 3.63) is 65.2 Å². The van der Waals surface area contributed by atoms with Crippen LogP contribution >= 0.6 is 0 Å². The molecule has 2 amide bonds. The first-order valence-corrected chi connectivity index (χ1v) is 18.0. The van der Waals surface area contributed by atoms with Gasteiger partial charge in [0.15, 0.2) is 0 Å². The molecule has 0 saturated carbocycles. The second kappa shape index (κ2) is 18.3. The van der Waals surface area contributed by atoms with Crippen LogP contribution in [0.2, 0.25) is 0 Å². The van der Waals surface area contributed by atoms with Crippen molar-refractivity contribution < 1.29 is 22.8 Å². The summed E-state index contributed by atoms with van der Waals surface area (Å²) in [5.74, 6) is -0.602. The molecule has 2 aromatic rings. The topological polar surface area (TPSA) is 156 Å². The minimum Gasteiger partial charge on any atom is -0.398 e. The second-order valence-corrected chi connectivity index (χ2v) is 13.0. The SMILES string of the molecule is CC.CCN(C(=O)C1CCN(CC(=O)N2CC=C(c3ccc(C(N)=NC=NC)cc3)CC2)C1)c1ccc(N)c(C(=N)C2CCNC(C(F)(F)F)C2)c1. The number of rotatable bonds is 10. The van der Waals surface area contributed by atoms with E-state index in [4.69, 9.17) is 16.9 Å². The summed E-state index contributed by atoms with van der Waals surface area (Å²) in [4.78, 5) is 40.4. The molecule has 0 spiro atoms. The Labute approximate surface area is 304 Å². The minimum absolute atomic E-state index is 0.0185. The highest BCUT2D eigenvalue weighted by atomic mass is 19.4. The number of halogens is 3. The standard InChI is InChI=1S/C36H46F3N9O2.C2H6/c1-3-48(28-8-9-30(40)29(19-28)33(41)26-10-14-44-31(18-26)36(37,38)39)35(50)27-11-15-46(20-27)21-32(49)47-16-12-24(13-17-47)23-4-6-25(7-5-23)34(42)45-22-43-2;1-2/h4-9,12,19,22,26-27,31,41,44H,3,10-11,13-18,20-21,40H2,1-2H3,(H2,42,43,45);1-2H3. The fraction of sp³-hybridized carbons (Fsp3) is 0.500. The van der Waals surface area contributed by atoms with Crippen LogP contribution in [0.5, 0.6) is 0 Å². The van der Waals surface area contributed by atoms with Gasteiger partial charge in [-0.3, -0.25) is 19.5 Å². The summed E-state index contributed by atoms with van der Waals surface area (Å²) in [5.41, 5.74) is 16.5. The van der Waals surface area contributed by atoms with Gasteiger partial charge in [0.25, 0.3) is 0 Å². The van der Waals surface area contributed by atoms with E-state index < -0.39 is 18.1 Å². The third kappa shape index (κ3) is 9.85. The van der Waals surface area contributed by atoms with Crippen molar-refractivity contribution >= 4 is 46.6 Å². The van der Waals surface area contributed by atoms with Gasteiger partial charge in [0.1, 0.15) is 18.2 Å². The van der Waals surface area contributed by atoms with E-state index in [0.29, 0.717) is 68.3 Å². The lowest BCUT2D eigenvalue weighted by Gasteiger charge is -2.32. The molecule has 0 aliphatic carbocycles. The van der Waals surface area contributed by atoms with E-state index in [0.717, 1.165) is 17.5 Å². The maximum atomic E-state index is 13.8. The van der Waals surface area contributed by atoms with Crippen molar-refractivity contribution in [2.75, 3.05) is 63.5 Å². The number of amides is 2. The highest BCUT2D eigenvalue weighted by Crippen LogP contribution is 2.33. The summed E-state index contributed by atoms with van der Waals surface area (Å²) < 4.78 is 40.2. The van der Waals surface area contributed by atoms with E-state index in [1.54, 1.807) is 30.1 Å². The van der Waals surface area contributed by atoms with Crippen LogP contribution in [-0.4, -0.2) is 105 Å². The summed E-state index contributed by atoms with van der Waals surface area (Å²) in [6.07, 6.45) is 0.588. The van der Waals surface area contributed by atoms with Crippen LogP contribution in [0, 0.1) is 17.2 Å². The van der Waals surface area contributed by atoms with E-state index in [1.165, 1.54) is 11.9 Å². The third-order valence-electron chi connectivity index (χ3n) is 9.83. The van der Waals surface area contributed by atoms with Gasteiger partial charge in [0, 0.05) is 67.4 Å². The van der Waals surface area contributed by atoms with Gasteiger partial charge in [-0.1, -0.05) is 44.2 Å². The molecule has 0 bridgehead atoms. The van der Waals surface area contributed by atoms with E-state index in [2.05, 4.69) is 21.4 Å². The van der Waals surface area contributed by atoms with Crippen molar-refractivity contribution in [3.8, 4) is 0 Å². The predicted octanol–water partition coefficient (Wildman–Crippen LogP) is 4.95. The maximum Gasteiger partial charge on any atom is 0.403 e. The monoisotopic (exact) mass is 723 g/mol. The van der Waals surface area contributed by atoms with Gasteiger partial charge in [-0.05, 0) is 75.0 Å². The molecule has 282 valence electrons. The average Bonchev–Trinajstić information content (AvgIpc) is 3.63. The normalized spacial score (nSPS) is 21.4. The third-order valence-corrected chi connectivity index (χ3v) is 9.83. The molecule has 5 rings (SSSR count). The van der Waals surface area contributed by atoms with Crippen LogP contribution in [0.25, 0.3) is 5.57 Å². The summed E-state index contributed by atoms with van der Waals surface area (Å²) in [6.45, 7) is 8.79. The molecule has 14 heteroatoms. The number of carbonyl (C=O) groups is 2. The van der Waals surface area contributed by atoms with Crippen molar-refractivity contribution in [2.45, 2.75) is 58.7 Å². The first kappa shape index (κ1) is 40.2. The molecule has 3 heterocycles. The predicted molar refractivity (Wildman–Crippen MR) is 203 cm³/mol. The number of alkyl halides is 3. The van der Waals surface area contributed by atoms with Gasteiger partial charge in [-0.15, -0.1) is 0 Å². The first-order chi connectivity index (χ1) is 24.9. The largest absolute Gasteiger partial charge is 0.403 e. The zero-order valence-electron chi connectivity index (χ0n) is 30.5. The average molecular weight is 724 g/mol. The molecule has 0 radical (unpaired) electrons. The van der Waals surface area contributed by atoms with Crippen molar-refractivity contribution in [2.24, 2.45) is 27.6 Å². The first-order valence-electron chi connectivity index (χ1n) is 18.0. The Hall–Kier alpha value is -4.56. The number of benzene rings is 2. The number of nitrogen functional groups attached to an aromatic ring is 1. The number of carbonyl (C=O) groups excluding carboxylic acids is 2. The number of nitrogens with two attached hydrogens (primary N) is 2. The molecule has 2 fully saturated rings. The summed E-state index contributed by atoms with van der Waals surface area (Å²) >= 11 is 0. The molecule has 2 aromatic carbocycles. The zero-order valence-corrected chi connectivity index (χ0v) is 30.5. The van der Waals surface area contributed by atoms with Crippen molar-refractivity contribution in [1.29, 1.82) is 5.41 Å². The van der Waals surface area contributed by atoms with Crippen LogP contribution in [0.4, 0.5) is 24.5 Å². The number of nitrogens with zero attached hydrogens (tertiary/aromatic N) is 5. The van der Waals surface area contributed by atoms with Crippen LogP contribution in [0.1, 0.15) is 63.1 Å². The minimum atomic E-state index is -4.39. The Morgan fingerprint density at radius 3 is 2.46 bits per heavy atom. The highest BCUT2D eigenvalue weighted by molar-refractivity contribution is 6.06. The Bertz CT molecular complexity index is 1660. The quantitative estimate of drug-likeness (QED) is 0.155. The summed E-state index contributed by atoms with van der Waals surface area (Å²) in [5, 5.41) is 11.3. The Morgan fingerprint density at radius 2 is 1.83 bits per heavy atom. The van der Waals surface area contributed by atoms with E-state index >= 15 is 0 Å². The zero-order chi connectivity index (χ0) is 38.0. The molecule has 6 N–H and O–H groups in total. The summed E-state index contributed by atoms with van der Waals surface area (Å²) in [7, 11) is 1.63. The number of hydrogen-bond donors (Lipinski definition) is 4. The van der Waals surface area contributed by atoms with E-state index in [1.807, 2.05) is 54.8 Å². The molecule has 2 saturated heterocycles. The number of anilines is 2. The van der Waals surface area contributed by atoms with E-state index in [9.17, 15) is 22.8 Å². The fourth-order valence-corrected chi connectivity index (χ4v) is 6.96. The Kier molecular flexibility index (Phi) is 14.1. The molecule has 0 aromatic heterocycles. The smallest absolute Gasteiger partial charge is 0.398 e. The van der Waals surface area contributed by atoms with Gasteiger partial charge >= 0.3 is 6.18 Å². The second-order valence-electron chi connectivity index (χ2n) is 13.0. The number of amidine groups is 1. The lowest BCUT2D eigenvalue weighted by Crippen LogP contribution is -2.49. The van der Waals surface area contributed by atoms with Gasteiger partial charge in [-0.25, -0.2) is 4.99 Å². The molecule has 11 nitrogen and oxygen atoms in total. The Balaban J connectivity index is 0.00000297. The summed E-state index contributed by atoms with van der Waals surface area (Å²) in [6, 6.07) is 11.1. The number of nitrogens with one attached hydrogen (secondary N) is 2.